The van der Waals surface area contributed by atoms with Crippen molar-refractivity contribution in [2.45, 2.75) is 23.3 Å². The Balaban J connectivity index is 2.42. The van der Waals surface area contributed by atoms with E-state index in [-0.39, 0.29) is 41.0 Å². The average Bonchev–Trinajstić information content (AvgIpc) is 2.38. The van der Waals surface area contributed by atoms with E-state index in [0.29, 0.717) is 0 Å². The molecule has 1 fully saturated rings. The first kappa shape index (κ1) is 16.5. The zero-order chi connectivity index (χ0) is 15.7. The van der Waals surface area contributed by atoms with Crippen molar-refractivity contribution >= 4 is 39.2 Å². The van der Waals surface area contributed by atoms with Gasteiger partial charge in [0.15, 0.2) is 0 Å². The lowest BCUT2D eigenvalue weighted by Crippen LogP contribution is -2.57. The van der Waals surface area contributed by atoms with Crippen LogP contribution in [0.5, 0.6) is 0 Å². The Bertz CT molecular complexity index is 635. The Morgan fingerprint density at radius 1 is 1.24 bits per heavy atom. The number of sulfonamides is 1. The lowest BCUT2D eigenvalue weighted by molar-refractivity contribution is -0.147. The smallest absolute Gasteiger partial charge is 0.325 e. The van der Waals surface area contributed by atoms with E-state index in [0.717, 1.165) is 0 Å². The van der Waals surface area contributed by atoms with Gasteiger partial charge in [0.25, 0.3) is 0 Å². The molecule has 1 heterocycles. The second kappa shape index (κ2) is 6.10. The molecule has 116 valence electrons. The van der Waals surface area contributed by atoms with E-state index in [1.54, 1.807) is 0 Å². The molecule has 1 aliphatic heterocycles. The molecule has 0 unspecified atom stereocenters. The van der Waals surface area contributed by atoms with Crippen LogP contribution in [-0.2, 0) is 19.6 Å². The minimum atomic E-state index is -4.17. The highest BCUT2D eigenvalue weighted by molar-refractivity contribution is 7.89. The van der Waals surface area contributed by atoms with E-state index in [2.05, 4.69) is 4.72 Å². The number of hydrogen-bond donors (Lipinski definition) is 2. The van der Waals surface area contributed by atoms with Gasteiger partial charge >= 0.3 is 5.97 Å². The molecule has 0 radical (unpaired) electrons. The maximum Gasteiger partial charge on any atom is 0.325 e. The third kappa shape index (κ3) is 3.32. The predicted octanol–water partition coefficient (Wildman–Crippen LogP) is 1.91. The number of aliphatic carboxylic acids is 1. The van der Waals surface area contributed by atoms with Crippen LogP contribution >= 0.6 is 23.2 Å². The maximum atomic E-state index is 12.5. The molecule has 9 heteroatoms. The predicted molar refractivity (Wildman–Crippen MR) is 77.2 cm³/mol. The fourth-order valence-corrected chi connectivity index (χ4v) is 4.69. The SMILES string of the molecule is O=C(O)C1(NS(=O)(=O)c2c(Cl)cccc2Cl)CCOCC1. The maximum absolute atomic E-state index is 12.5. The first-order chi connectivity index (χ1) is 9.78. The minimum absolute atomic E-state index is 0.0314. The van der Waals surface area contributed by atoms with Gasteiger partial charge in [0.05, 0.1) is 10.0 Å². The fraction of sp³-hybridized carbons (Fsp3) is 0.417. The van der Waals surface area contributed by atoms with Gasteiger partial charge in [-0.1, -0.05) is 29.3 Å². The molecule has 2 N–H and O–H groups in total. The fourth-order valence-electron chi connectivity index (χ4n) is 2.13. The Hall–Kier alpha value is -0.860. The number of carboxylic acid groups (broad SMARTS) is 1. The Kier molecular flexibility index (Phi) is 4.79. The largest absolute Gasteiger partial charge is 0.480 e. The number of ether oxygens (including phenoxy) is 1. The third-order valence-electron chi connectivity index (χ3n) is 3.27. The second-order valence-corrected chi connectivity index (χ2v) is 7.09. The number of benzene rings is 1. The van der Waals surface area contributed by atoms with E-state index >= 15 is 0 Å². The normalized spacial score (nSPS) is 18.4. The summed E-state index contributed by atoms with van der Waals surface area (Å²) in [6.45, 7) is 0.316. The van der Waals surface area contributed by atoms with Gasteiger partial charge in [-0.3, -0.25) is 4.79 Å². The first-order valence-corrected chi connectivity index (χ1v) is 8.31. The molecule has 0 aliphatic carbocycles. The van der Waals surface area contributed by atoms with Crippen molar-refractivity contribution in [3.8, 4) is 0 Å². The summed E-state index contributed by atoms with van der Waals surface area (Å²) in [5.74, 6) is -1.25. The van der Waals surface area contributed by atoms with Crippen LogP contribution in [0.1, 0.15) is 12.8 Å². The molecule has 0 amide bonds. The number of nitrogens with one attached hydrogen (secondary N) is 1. The Morgan fingerprint density at radius 3 is 2.24 bits per heavy atom. The molecule has 1 aromatic rings. The molecule has 0 atom stereocenters. The standard InChI is InChI=1S/C12H13Cl2NO5S/c13-8-2-1-3-9(14)10(8)21(18,19)15-12(11(16)17)4-6-20-7-5-12/h1-3,15H,4-7H2,(H,16,17). The summed E-state index contributed by atoms with van der Waals surface area (Å²) in [4.78, 5) is 11.2. The number of halogens is 2. The van der Waals surface area contributed by atoms with Crippen LogP contribution in [0.4, 0.5) is 0 Å². The van der Waals surface area contributed by atoms with Crippen molar-refractivity contribution < 1.29 is 23.1 Å². The van der Waals surface area contributed by atoms with E-state index in [1.165, 1.54) is 18.2 Å². The lowest BCUT2D eigenvalue weighted by atomic mass is 9.92. The summed E-state index contributed by atoms with van der Waals surface area (Å²) in [5.41, 5.74) is -1.61. The highest BCUT2D eigenvalue weighted by Gasteiger charge is 2.44. The van der Waals surface area contributed by atoms with Crippen LogP contribution < -0.4 is 4.72 Å². The molecule has 1 aromatic carbocycles. The molecule has 0 bridgehead atoms. The molecular weight excluding hydrogens is 341 g/mol. The van der Waals surface area contributed by atoms with Gasteiger partial charge in [0.1, 0.15) is 10.4 Å². The van der Waals surface area contributed by atoms with Gasteiger partial charge < -0.3 is 9.84 Å². The highest BCUT2D eigenvalue weighted by Crippen LogP contribution is 2.31. The number of carbonyl (C=O) groups is 1. The molecule has 2 rings (SSSR count). The molecule has 0 saturated carbocycles. The van der Waals surface area contributed by atoms with E-state index in [9.17, 15) is 18.3 Å². The number of carboxylic acids is 1. The summed E-state index contributed by atoms with van der Waals surface area (Å²) >= 11 is 11.8. The van der Waals surface area contributed by atoms with E-state index in [1.807, 2.05) is 0 Å². The van der Waals surface area contributed by atoms with Crippen molar-refractivity contribution in [1.82, 2.24) is 4.72 Å². The highest BCUT2D eigenvalue weighted by atomic mass is 35.5. The summed E-state index contributed by atoms with van der Waals surface area (Å²) in [6.07, 6.45) is 0.0628. The summed E-state index contributed by atoms with van der Waals surface area (Å²) < 4.78 is 32.3. The summed E-state index contributed by atoms with van der Waals surface area (Å²) in [5, 5.41) is 9.26. The van der Waals surface area contributed by atoms with Crippen molar-refractivity contribution in [2.75, 3.05) is 13.2 Å². The van der Waals surface area contributed by atoms with Crippen LogP contribution in [0.3, 0.4) is 0 Å². The molecule has 0 spiro atoms. The van der Waals surface area contributed by atoms with Crippen LogP contribution in [-0.4, -0.2) is 38.2 Å². The van der Waals surface area contributed by atoms with E-state index in [4.69, 9.17) is 27.9 Å². The topological polar surface area (TPSA) is 92.7 Å². The molecular formula is C12H13Cl2NO5S. The van der Waals surface area contributed by atoms with E-state index < -0.39 is 21.5 Å². The molecule has 0 aromatic heterocycles. The Morgan fingerprint density at radius 2 is 1.76 bits per heavy atom. The zero-order valence-electron chi connectivity index (χ0n) is 10.8. The minimum Gasteiger partial charge on any atom is -0.480 e. The van der Waals surface area contributed by atoms with Crippen molar-refractivity contribution in [3.05, 3.63) is 28.2 Å². The summed E-state index contributed by atoms with van der Waals surface area (Å²) in [7, 11) is -4.17. The van der Waals surface area contributed by atoms with Gasteiger partial charge in [0, 0.05) is 26.1 Å². The zero-order valence-corrected chi connectivity index (χ0v) is 13.1. The van der Waals surface area contributed by atoms with Crippen molar-refractivity contribution in [1.29, 1.82) is 0 Å². The van der Waals surface area contributed by atoms with Gasteiger partial charge in [-0.05, 0) is 12.1 Å². The molecule has 6 nitrogen and oxygen atoms in total. The van der Waals surface area contributed by atoms with Crippen LogP contribution in [0, 0.1) is 0 Å². The molecule has 1 aliphatic rings. The first-order valence-electron chi connectivity index (χ1n) is 6.08. The third-order valence-corrected chi connectivity index (χ3v) is 5.76. The van der Waals surface area contributed by atoms with Gasteiger partial charge in [0.2, 0.25) is 10.0 Å². The van der Waals surface area contributed by atoms with Crippen molar-refractivity contribution in [2.24, 2.45) is 0 Å². The Labute approximate surface area is 132 Å². The van der Waals surface area contributed by atoms with Gasteiger partial charge in [-0.15, -0.1) is 0 Å². The van der Waals surface area contributed by atoms with Crippen LogP contribution in [0.25, 0.3) is 0 Å². The lowest BCUT2D eigenvalue weighted by Gasteiger charge is -2.33. The molecule has 21 heavy (non-hydrogen) atoms. The second-order valence-electron chi connectivity index (χ2n) is 4.66. The summed E-state index contributed by atoms with van der Waals surface area (Å²) in [6, 6.07) is 4.25. The number of hydrogen-bond acceptors (Lipinski definition) is 4. The van der Waals surface area contributed by atoms with Crippen LogP contribution in [0.15, 0.2) is 23.1 Å². The monoisotopic (exact) mass is 353 g/mol. The quantitative estimate of drug-likeness (QED) is 0.862. The number of rotatable bonds is 4. The van der Waals surface area contributed by atoms with Gasteiger partial charge in [-0.25, -0.2) is 8.42 Å². The average molecular weight is 354 g/mol. The van der Waals surface area contributed by atoms with Crippen molar-refractivity contribution in [3.63, 3.8) is 0 Å². The molecule has 1 saturated heterocycles. The van der Waals surface area contributed by atoms with Crippen LogP contribution in [0.2, 0.25) is 10.0 Å². The van der Waals surface area contributed by atoms with Gasteiger partial charge in [-0.2, -0.15) is 4.72 Å².